The summed E-state index contributed by atoms with van der Waals surface area (Å²) in [6, 6.07) is 3.59. The van der Waals surface area contributed by atoms with Crippen molar-refractivity contribution in [3.05, 3.63) is 47.7 Å². The molecule has 0 aromatic carbocycles. The number of nitrogens with two attached hydrogens (primary N) is 1. The Morgan fingerprint density at radius 3 is 2.83 bits per heavy atom. The van der Waals surface area contributed by atoms with Gasteiger partial charge in [0, 0.05) is 18.0 Å². The number of pyridine rings is 1. The van der Waals surface area contributed by atoms with Gasteiger partial charge in [0.15, 0.2) is 0 Å². The maximum Gasteiger partial charge on any atom is 0.126 e. The topological polar surface area (TPSA) is 76.7 Å². The van der Waals surface area contributed by atoms with E-state index >= 15 is 0 Å². The maximum absolute atomic E-state index is 5.56. The second kappa shape index (κ2) is 5.50. The van der Waals surface area contributed by atoms with Gasteiger partial charge in [-0.1, -0.05) is 12.2 Å². The van der Waals surface area contributed by atoms with E-state index in [1.165, 1.54) is 0 Å². The van der Waals surface area contributed by atoms with Crippen LogP contribution >= 0.6 is 12.2 Å². The molecule has 0 aliphatic rings. The second-order valence-corrected chi connectivity index (χ2v) is 4.24. The fourth-order valence-corrected chi connectivity index (χ4v) is 1.50. The van der Waals surface area contributed by atoms with Crippen LogP contribution in [0.3, 0.4) is 0 Å². The van der Waals surface area contributed by atoms with Crippen molar-refractivity contribution in [2.24, 2.45) is 5.73 Å². The largest absolute Gasteiger partial charge is 0.389 e. The number of nitrogens with one attached hydrogen (secondary N) is 1. The van der Waals surface area contributed by atoms with Crippen LogP contribution in [0.25, 0.3) is 0 Å². The normalized spacial score (nSPS) is 10.1. The lowest BCUT2D eigenvalue weighted by Gasteiger charge is -2.06. The van der Waals surface area contributed by atoms with Crippen LogP contribution in [-0.2, 0) is 6.54 Å². The summed E-state index contributed by atoms with van der Waals surface area (Å²) in [5, 5.41) is 3.15. The van der Waals surface area contributed by atoms with Crippen LogP contribution in [0.1, 0.15) is 17.0 Å². The Kier molecular flexibility index (Phi) is 3.78. The lowest BCUT2D eigenvalue weighted by molar-refractivity contribution is 0.976. The predicted molar refractivity (Wildman–Crippen MR) is 74.2 cm³/mol. The van der Waals surface area contributed by atoms with Crippen LogP contribution in [0.15, 0.2) is 30.7 Å². The Morgan fingerprint density at radius 2 is 2.17 bits per heavy atom. The standard InChI is InChI=1S/C12H13N5S/c1-8-5-16-10(6-15-8)7-17-11-4-9(12(13)18)2-3-14-11/h2-6H,7H2,1H3,(H2,13,18)(H,14,17). The molecule has 2 heterocycles. The summed E-state index contributed by atoms with van der Waals surface area (Å²) in [4.78, 5) is 13.0. The molecule has 92 valence electrons. The quantitative estimate of drug-likeness (QED) is 0.809. The van der Waals surface area contributed by atoms with Crippen molar-refractivity contribution >= 4 is 23.0 Å². The van der Waals surface area contributed by atoms with Crippen LogP contribution in [-0.4, -0.2) is 19.9 Å². The van der Waals surface area contributed by atoms with Crippen LogP contribution in [0.5, 0.6) is 0 Å². The molecule has 0 aliphatic carbocycles. The second-order valence-electron chi connectivity index (χ2n) is 3.80. The molecule has 0 saturated carbocycles. The zero-order chi connectivity index (χ0) is 13.0. The van der Waals surface area contributed by atoms with Gasteiger partial charge in [-0.05, 0) is 19.1 Å². The first-order valence-corrected chi connectivity index (χ1v) is 5.83. The van der Waals surface area contributed by atoms with E-state index in [9.17, 15) is 0 Å². The van der Waals surface area contributed by atoms with Crippen molar-refractivity contribution in [3.8, 4) is 0 Å². The molecule has 3 N–H and O–H groups in total. The number of nitrogens with zero attached hydrogens (tertiary/aromatic N) is 3. The van der Waals surface area contributed by atoms with Crippen molar-refractivity contribution in [2.75, 3.05) is 5.32 Å². The molecule has 0 saturated heterocycles. The number of anilines is 1. The minimum atomic E-state index is 0.357. The van der Waals surface area contributed by atoms with Gasteiger partial charge in [0.1, 0.15) is 10.8 Å². The lowest BCUT2D eigenvalue weighted by Crippen LogP contribution is -2.11. The van der Waals surface area contributed by atoms with E-state index in [2.05, 4.69) is 20.3 Å². The number of rotatable bonds is 4. The molecule has 0 fully saturated rings. The van der Waals surface area contributed by atoms with E-state index in [0.29, 0.717) is 17.4 Å². The zero-order valence-electron chi connectivity index (χ0n) is 9.92. The van der Waals surface area contributed by atoms with Crippen molar-refractivity contribution < 1.29 is 0 Å². The Labute approximate surface area is 110 Å². The molecular weight excluding hydrogens is 246 g/mol. The van der Waals surface area contributed by atoms with Gasteiger partial charge in [0.05, 0.1) is 24.1 Å². The minimum absolute atomic E-state index is 0.357. The van der Waals surface area contributed by atoms with Gasteiger partial charge >= 0.3 is 0 Å². The summed E-state index contributed by atoms with van der Waals surface area (Å²) in [5.41, 5.74) is 8.10. The van der Waals surface area contributed by atoms with Gasteiger partial charge in [-0.2, -0.15) is 0 Å². The van der Waals surface area contributed by atoms with E-state index in [-0.39, 0.29) is 0 Å². The van der Waals surface area contributed by atoms with Gasteiger partial charge in [0.25, 0.3) is 0 Å². The molecule has 0 aliphatic heterocycles. The first-order chi connectivity index (χ1) is 8.65. The van der Waals surface area contributed by atoms with E-state index in [1.807, 2.05) is 13.0 Å². The zero-order valence-corrected chi connectivity index (χ0v) is 10.7. The molecule has 6 heteroatoms. The molecular formula is C12H13N5S. The van der Waals surface area contributed by atoms with Gasteiger partial charge in [-0.15, -0.1) is 0 Å². The van der Waals surface area contributed by atoms with Gasteiger partial charge in [-0.3, -0.25) is 9.97 Å². The van der Waals surface area contributed by atoms with Crippen molar-refractivity contribution in [1.29, 1.82) is 0 Å². The van der Waals surface area contributed by atoms with Crippen LogP contribution in [0.4, 0.5) is 5.82 Å². The van der Waals surface area contributed by atoms with E-state index in [1.54, 1.807) is 24.7 Å². The highest BCUT2D eigenvalue weighted by molar-refractivity contribution is 7.80. The highest BCUT2D eigenvalue weighted by Crippen LogP contribution is 2.08. The average molecular weight is 259 g/mol. The summed E-state index contributed by atoms with van der Waals surface area (Å²) < 4.78 is 0. The molecule has 0 radical (unpaired) electrons. The monoisotopic (exact) mass is 259 g/mol. The van der Waals surface area contributed by atoms with Crippen molar-refractivity contribution in [1.82, 2.24) is 15.0 Å². The molecule has 0 bridgehead atoms. The Balaban J connectivity index is 2.04. The van der Waals surface area contributed by atoms with Gasteiger partial charge in [0.2, 0.25) is 0 Å². The van der Waals surface area contributed by atoms with Gasteiger partial charge < -0.3 is 11.1 Å². The Hall–Kier alpha value is -2.08. The summed E-state index contributed by atoms with van der Waals surface area (Å²) in [6.07, 6.45) is 5.13. The molecule has 5 nitrogen and oxygen atoms in total. The SMILES string of the molecule is Cc1cnc(CNc2cc(C(N)=S)ccn2)cn1. The molecule has 0 atom stereocenters. The molecule has 2 aromatic heterocycles. The Morgan fingerprint density at radius 1 is 1.33 bits per heavy atom. The summed E-state index contributed by atoms with van der Waals surface area (Å²) in [6.45, 7) is 2.46. The molecule has 0 unspecified atom stereocenters. The van der Waals surface area contributed by atoms with E-state index in [0.717, 1.165) is 17.0 Å². The fraction of sp³-hybridized carbons (Fsp3) is 0.167. The van der Waals surface area contributed by atoms with Gasteiger partial charge in [-0.25, -0.2) is 4.98 Å². The Bertz CT molecular complexity index is 553. The highest BCUT2D eigenvalue weighted by atomic mass is 32.1. The third-order valence-corrected chi connectivity index (χ3v) is 2.57. The van der Waals surface area contributed by atoms with Crippen LogP contribution < -0.4 is 11.1 Å². The summed E-state index contributed by atoms with van der Waals surface area (Å²) >= 11 is 4.91. The smallest absolute Gasteiger partial charge is 0.126 e. The molecule has 18 heavy (non-hydrogen) atoms. The van der Waals surface area contributed by atoms with E-state index < -0.39 is 0 Å². The molecule has 2 rings (SSSR count). The number of aryl methyl sites for hydroxylation is 1. The predicted octanol–water partition coefficient (Wildman–Crippen LogP) is 1.43. The maximum atomic E-state index is 5.56. The number of thiocarbonyl (C=S) groups is 1. The van der Waals surface area contributed by atoms with Crippen LogP contribution in [0.2, 0.25) is 0 Å². The molecule has 2 aromatic rings. The van der Waals surface area contributed by atoms with Crippen LogP contribution in [0, 0.1) is 6.92 Å². The summed E-state index contributed by atoms with van der Waals surface area (Å²) in [5.74, 6) is 0.711. The number of aromatic nitrogens is 3. The van der Waals surface area contributed by atoms with Crippen molar-refractivity contribution in [3.63, 3.8) is 0 Å². The first kappa shape index (κ1) is 12.4. The number of hydrogen-bond donors (Lipinski definition) is 2. The highest BCUT2D eigenvalue weighted by Gasteiger charge is 2.00. The average Bonchev–Trinajstić information content (AvgIpc) is 2.38. The first-order valence-electron chi connectivity index (χ1n) is 5.42. The summed E-state index contributed by atoms with van der Waals surface area (Å²) in [7, 11) is 0. The molecule has 0 amide bonds. The minimum Gasteiger partial charge on any atom is -0.389 e. The fourth-order valence-electron chi connectivity index (χ4n) is 1.37. The lowest BCUT2D eigenvalue weighted by atomic mass is 10.2. The van der Waals surface area contributed by atoms with Crippen molar-refractivity contribution in [2.45, 2.75) is 13.5 Å². The van der Waals surface area contributed by atoms with E-state index in [4.69, 9.17) is 18.0 Å². The number of hydrogen-bond acceptors (Lipinski definition) is 5. The molecule has 0 spiro atoms. The third-order valence-electron chi connectivity index (χ3n) is 2.33. The third kappa shape index (κ3) is 3.21.